The number of aliphatic hydroxyl groups excluding tert-OH is 2. The molecule has 28 heavy (non-hydrogen) atoms. The van der Waals surface area contributed by atoms with E-state index < -0.39 is 0 Å². The molecule has 0 aromatic heterocycles. The van der Waals surface area contributed by atoms with Crippen LogP contribution in [0.5, 0.6) is 0 Å². The van der Waals surface area contributed by atoms with Crippen LogP contribution in [0.25, 0.3) is 0 Å². The van der Waals surface area contributed by atoms with E-state index in [9.17, 15) is 10.2 Å². The van der Waals surface area contributed by atoms with Crippen molar-refractivity contribution in [2.45, 2.75) is 116 Å². The summed E-state index contributed by atoms with van der Waals surface area (Å²) < 4.78 is 0. The highest BCUT2D eigenvalue weighted by Crippen LogP contribution is 2.66. The van der Waals surface area contributed by atoms with Gasteiger partial charge in [0.05, 0.1) is 12.2 Å². The second-order valence-corrected chi connectivity index (χ2v) is 11.4. The quantitative estimate of drug-likeness (QED) is 0.565. The van der Waals surface area contributed by atoms with Gasteiger partial charge in [-0.25, -0.2) is 0 Å². The molecular weight excluding hydrogens is 346 g/mol. The van der Waals surface area contributed by atoms with E-state index in [0.29, 0.717) is 11.3 Å². The topological polar surface area (TPSA) is 52.5 Å². The summed E-state index contributed by atoms with van der Waals surface area (Å²) in [6, 6.07) is 0.282. The first-order valence-electron chi connectivity index (χ1n) is 12.5. The van der Waals surface area contributed by atoms with Crippen LogP contribution < -0.4 is 5.32 Å². The zero-order valence-electron chi connectivity index (χ0n) is 18.6. The van der Waals surface area contributed by atoms with E-state index in [4.69, 9.17) is 0 Å². The second kappa shape index (κ2) is 8.19. The van der Waals surface area contributed by atoms with Gasteiger partial charge in [-0.3, -0.25) is 0 Å². The van der Waals surface area contributed by atoms with Gasteiger partial charge in [0.2, 0.25) is 0 Å². The Balaban J connectivity index is 1.44. The average Bonchev–Trinajstić information content (AvgIpc) is 2.97. The Kier molecular flexibility index (Phi) is 6.18. The predicted octanol–water partition coefficient (Wildman–Crippen LogP) is 4.90. The predicted molar refractivity (Wildman–Crippen MR) is 115 cm³/mol. The molecule has 0 amide bonds. The van der Waals surface area contributed by atoms with Crippen LogP contribution in [-0.4, -0.2) is 35.0 Å². The van der Waals surface area contributed by atoms with Gasteiger partial charge >= 0.3 is 0 Å². The largest absolute Gasteiger partial charge is 0.393 e. The van der Waals surface area contributed by atoms with E-state index in [1.165, 1.54) is 57.8 Å². The summed E-state index contributed by atoms with van der Waals surface area (Å²) in [5, 5.41) is 25.3. The maximum Gasteiger partial charge on any atom is 0.0696 e. The normalized spacial score (nSPS) is 50.7. The molecule has 4 fully saturated rings. The van der Waals surface area contributed by atoms with Crippen molar-refractivity contribution in [3.63, 3.8) is 0 Å². The van der Waals surface area contributed by atoms with Gasteiger partial charge < -0.3 is 15.5 Å². The molecule has 1 unspecified atom stereocenters. The molecule has 0 spiro atoms. The van der Waals surface area contributed by atoms with E-state index in [2.05, 4.69) is 26.1 Å². The first kappa shape index (κ1) is 21.1. The maximum absolute atomic E-state index is 10.9. The number of aliphatic hydroxyl groups is 2. The molecular formula is C25H45NO2. The molecule has 0 bridgehead atoms. The fourth-order valence-electron chi connectivity index (χ4n) is 8.33. The maximum atomic E-state index is 10.9. The lowest BCUT2D eigenvalue weighted by molar-refractivity contribution is -0.140. The highest BCUT2D eigenvalue weighted by molar-refractivity contribution is 5.11. The Morgan fingerprint density at radius 1 is 0.893 bits per heavy atom. The smallest absolute Gasteiger partial charge is 0.0696 e. The highest BCUT2D eigenvalue weighted by Gasteiger charge is 2.60. The lowest BCUT2D eigenvalue weighted by Crippen LogP contribution is -2.59. The molecule has 0 heterocycles. The van der Waals surface area contributed by atoms with Crippen molar-refractivity contribution in [1.82, 2.24) is 5.32 Å². The van der Waals surface area contributed by atoms with E-state index in [1.54, 1.807) is 0 Å². The minimum atomic E-state index is -0.164. The van der Waals surface area contributed by atoms with Crippen LogP contribution in [0.15, 0.2) is 0 Å². The summed E-state index contributed by atoms with van der Waals surface area (Å²) in [4.78, 5) is 0. The van der Waals surface area contributed by atoms with Crippen molar-refractivity contribution < 1.29 is 10.2 Å². The Bertz CT molecular complexity index is 539. The lowest BCUT2D eigenvalue weighted by atomic mass is 9.44. The molecule has 0 saturated heterocycles. The zero-order chi connectivity index (χ0) is 19.9. The third-order valence-electron chi connectivity index (χ3n) is 10.1. The Morgan fingerprint density at radius 3 is 2.46 bits per heavy atom. The molecule has 3 N–H and O–H groups in total. The fraction of sp³-hybridized carbons (Fsp3) is 1.00. The Hall–Kier alpha value is -0.120. The standard InChI is InChI=1S/C25H45NO2/c1-4-5-6-7-14-26-21-16-25(3)17(15-22(21)27)8-9-18-19-10-11-23(28)24(19,2)13-12-20(18)25/h17-23,26-28H,4-16H2,1-3H3/t17?,18-,19-,20-,21-,22-,23-,24-,25-/m0/s1. The molecule has 4 saturated carbocycles. The summed E-state index contributed by atoms with van der Waals surface area (Å²) in [6.07, 6.45) is 14.4. The molecule has 0 aromatic rings. The summed E-state index contributed by atoms with van der Waals surface area (Å²) in [5.74, 6) is 3.02. The van der Waals surface area contributed by atoms with Gasteiger partial charge in [-0.1, -0.05) is 40.0 Å². The Labute approximate surface area is 173 Å². The van der Waals surface area contributed by atoms with Crippen LogP contribution in [0.2, 0.25) is 0 Å². The minimum Gasteiger partial charge on any atom is -0.393 e. The van der Waals surface area contributed by atoms with Gasteiger partial charge in [-0.05, 0) is 98.8 Å². The number of unbranched alkanes of at least 4 members (excludes halogenated alkanes) is 3. The van der Waals surface area contributed by atoms with Gasteiger partial charge in [0.1, 0.15) is 0 Å². The van der Waals surface area contributed by atoms with Crippen LogP contribution in [0.1, 0.15) is 97.8 Å². The number of nitrogens with one attached hydrogen (secondary N) is 1. The van der Waals surface area contributed by atoms with Crippen LogP contribution in [0.3, 0.4) is 0 Å². The van der Waals surface area contributed by atoms with Crippen molar-refractivity contribution in [3.8, 4) is 0 Å². The number of hydrogen-bond donors (Lipinski definition) is 3. The van der Waals surface area contributed by atoms with E-state index in [0.717, 1.165) is 43.6 Å². The minimum absolute atomic E-state index is 0.0744. The van der Waals surface area contributed by atoms with Gasteiger partial charge in [0.25, 0.3) is 0 Å². The molecule has 0 aromatic carbocycles. The van der Waals surface area contributed by atoms with Crippen LogP contribution in [0, 0.1) is 34.5 Å². The van der Waals surface area contributed by atoms with Crippen molar-refractivity contribution in [1.29, 1.82) is 0 Å². The summed E-state index contributed by atoms with van der Waals surface area (Å²) in [7, 11) is 0. The third-order valence-corrected chi connectivity index (χ3v) is 10.1. The first-order valence-corrected chi connectivity index (χ1v) is 12.5. The summed E-state index contributed by atoms with van der Waals surface area (Å²) in [5.41, 5.74) is 0.549. The second-order valence-electron chi connectivity index (χ2n) is 11.4. The lowest BCUT2D eigenvalue weighted by Gasteiger charge is -2.61. The zero-order valence-corrected chi connectivity index (χ0v) is 18.6. The van der Waals surface area contributed by atoms with Gasteiger partial charge in [0, 0.05) is 6.04 Å². The Morgan fingerprint density at radius 2 is 1.68 bits per heavy atom. The molecule has 9 atom stereocenters. The SMILES string of the molecule is CCCCCCN[C@H]1C[C@@]2(C)C(CC[C@H]3[C@@H]4CC[C@H](O)[C@@]4(C)CC[C@@H]32)C[C@@H]1O. The third kappa shape index (κ3) is 3.48. The molecule has 4 aliphatic carbocycles. The van der Waals surface area contributed by atoms with E-state index >= 15 is 0 Å². The van der Waals surface area contributed by atoms with Crippen LogP contribution in [-0.2, 0) is 0 Å². The first-order chi connectivity index (χ1) is 13.4. The van der Waals surface area contributed by atoms with Crippen LogP contribution in [0.4, 0.5) is 0 Å². The van der Waals surface area contributed by atoms with Crippen molar-refractivity contribution >= 4 is 0 Å². The van der Waals surface area contributed by atoms with Gasteiger partial charge in [0.15, 0.2) is 0 Å². The number of rotatable bonds is 6. The number of fused-ring (bicyclic) bond motifs is 5. The average molecular weight is 392 g/mol. The molecule has 4 rings (SSSR count). The molecule has 3 nitrogen and oxygen atoms in total. The molecule has 162 valence electrons. The highest BCUT2D eigenvalue weighted by atomic mass is 16.3. The molecule has 3 heteroatoms. The van der Waals surface area contributed by atoms with Gasteiger partial charge in [-0.15, -0.1) is 0 Å². The summed E-state index contributed by atoms with van der Waals surface area (Å²) >= 11 is 0. The van der Waals surface area contributed by atoms with Crippen molar-refractivity contribution in [3.05, 3.63) is 0 Å². The van der Waals surface area contributed by atoms with Crippen LogP contribution >= 0.6 is 0 Å². The molecule has 0 aliphatic heterocycles. The van der Waals surface area contributed by atoms with Gasteiger partial charge in [-0.2, -0.15) is 0 Å². The van der Waals surface area contributed by atoms with E-state index in [1.807, 2.05) is 0 Å². The summed E-state index contributed by atoms with van der Waals surface area (Å²) in [6.45, 7) is 8.27. The molecule has 4 aliphatic rings. The van der Waals surface area contributed by atoms with E-state index in [-0.39, 0.29) is 23.7 Å². The van der Waals surface area contributed by atoms with Crippen molar-refractivity contribution in [2.24, 2.45) is 34.5 Å². The monoisotopic (exact) mass is 391 g/mol. The molecule has 0 radical (unpaired) electrons. The van der Waals surface area contributed by atoms with Crippen molar-refractivity contribution in [2.75, 3.05) is 6.54 Å². The fourth-order valence-corrected chi connectivity index (χ4v) is 8.33. The number of hydrogen-bond acceptors (Lipinski definition) is 3.